The van der Waals surface area contributed by atoms with Gasteiger partial charge in [0.2, 0.25) is 0 Å². The summed E-state index contributed by atoms with van der Waals surface area (Å²) < 4.78 is 0. The Balaban J connectivity index is 3.03. The molecule has 1 rings (SSSR count). The Bertz CT molecular complexity index is 212. The van der Waals surface area contributed by atoms with E-state index in [2.05, 4.69) is 41.5 Å². The average Bonchev–Trinajstić information content (AvgIpc) is 2.13. The molecule has 0 saturated heterocycles. The predicted molar refractivity (Wildman–Crippen MR) is 59.6 cm³/mol. The van der Waals surface area contributed by atoms with Gasteiger partial charge in [-0.05, 0) is 37.0 Å². The van der Waals surface area contributed by atoms with Crippen molar-refractivity contribution in [2.24, 2.45) is 23.7 Å². The molecule has 1 aliphatic rings. The van der Waals surface area contributed by atoms with Crippen molar-refractivity contribution in [2.45, 2.75) is 48.0 Å². The minimum Gasteiger partial charge on any atom is -0.0707 e. The van der Waals surface area contributed by atoms with Crippen LogP contribution in [0.15, 0.2) is 11.1 Å². The molecule has 2 unspecified atom stereocenters. The third-order valence-corrected chi connectivity index (χ3v) is 4.53. The van der Waals surface area contributed by atoms with Crippen molar-refractivity contribution in [2.75, 3.05) is 0 Å². The van der Waals surface area contributed by atoms with Gasteiger partial charge >= 0.3 is 0 Å². The monoisotopic (exact) mass is 180 g/mol. The Hall–Kier alpha value is -0.260. The molecule has 0 radical (unpaired) electrons. The van der Waals surface area contributed by atoms with E-state index in [1.165, 1.54) is 6.42 Å². The van der Waals surface area contributed by atoms with Crippen molar-refractivity contribution in [1.29, 1.82) is 0 Å². The zero-order valence-electron chi connectivity index (χ0n) is 10.0. The second-order valence-electron chi connectivity index (χ2n) is 4.86. The number of rotatable bonds is 1. The number of allylic oxidation sites excluding steroid dienone is 2. The maximum atomic E-state index is 2.41. The lowest BCUT2D eigenvalue weighted by Crippen LogP contribution is -2.30. The highest BCUT2D eigenvalue weighted by Gasteiger charge is 2.32. The molecule has 13 heavy (non-hydrogen) atoms. The Labute approximate surface area is 83.4 Å². The highest BCUT2D eigenvalue weighted by Crippen LogP contribution is 2.42. The second-order valence-corrected chi connectivity index (χ2v) is 4.86. The van der Waals surface area contributed by atoms with Crippen LogP contribution < -0.4 is 0 Å². The van der Waals surface area contributed by atoms with E-state index in [0.29, 0.717) is 0 Å². The third-order valence-electron chi connectivity index (χ3n) is 4.53. The van der Waals surface area contributed by atoms with E-state index in [1.54, 1.807) is 11.1 Å². The molecule has 0 saturated carbocycles. The fourth-order valence-corrected chi connectivity index (χ4v) is 2.87. The molecule has 0 aliphatic heterocycles. The minimum absolute atomic E-state index is 0.793. The van der Waals surface area contributed by atoms with Gasteiger partial charge < -0.3 is 0 Å². The summed E-state index contributed by atoms with van der Waals surface area (Å²) in [6, 6.07) is 0. The highest BCUT2D eigenvalue weighted by molar-refractivity contribution is 5.22. The van der Waals surface area contributed by atoms with Gasteiger partial charge in [0.25, 0.3) is 0 Å². The van der Waals surface area contributed by atoms with Crippen LogP contribution in [0.25, 0.3) is 0 Å². The smallest absolute Gasteiger partial charge is 0.0201 e. The summed E-state index contributed by atoms with van der Waals surface area (Å²) in [7, 11) is 0. The standard InChI is InChI=1S/C13H24/c1-7-13-11(5)9(3)8(2)10(4)12(13)6/h8-11H,7H2,1-6H3/t8?,9?,10-,11+/m0/s1. The van der Waals surface area contributed by atoms with Gasteiger partial charge in [-0.25, -0.2) is 0 Å². The molecular weight excluding hydrogens is 156 g/mol. The van der Waals surface area contributed by atoms with Crippen LogP contribution >= 0.6 is 0 Å². The molecule has 0 heteroatoms. The molecule has 0 amide bonds. The molecule has 0 bridgehead atoms. The highest BCUT2D eigenvalue weighted by atomic mass is 14.4. The summed E-state index contributed by atoms with van der Waals surface area (Å²) in [5.41, 5.74) is 3.39. The van der Waals surface area contributed by atoms with E-state index >= 15 is 0 Å². The van der Waals surface area contributed by atoms with Gasteiger partial charge in [-0.15, -0.1) is 0 Å². The van der Waals surface area contributed by atoms with Gasteiger partial charge in [-0.2, -0.15) is 0 Å². The van der Waals surface area contributed by atoms with Gasteiger partial charge in [0.05, 0.1) is 0 Å². The quantitative estimate of drug-likeness (QED) is 0.529. The third kappa shape index (κ3) is 1.68. The molecule has 0 nitrogen and oxygen atoms in total. The van der Waals surface area contributed by atoms with E-state index in [1.807, 2.05) is 0 Å². The molecule has 0 aromatic heterocycles. The van der Waals surface area contributed by atoms with E-state index in [0.717, 1.165) is 23.7 Å². The van der Waals surface area contributed by atoms with Crippen molar-refractivity contribution in [3.63, 3.8) is 0 Å². The van der Waals surface area contributed by atoms with Crippen molar-refractivity contribution in [3.05, 3.63) is 11.1 Å². The Kier molecular flexibility index (Phi) is 3.21. The van der Waals surface area contributed by atoms with Gasteiger partial charge in [-0.1, -0.05) is 45.8 Å². The lowest BCUT2D eigenvalue weighted by molar-refractivity contribution is 0.223. The molecule has 0 fully saturated rings. The molecule has 1 aliphatic carbocycles. The maximum Gasteiger partial charge on any atom is -0.0201 e. The summed E-state index contributed by atoms with van der Waals surface area (Å²) in [4.78, 5) is 0. The Morgan fingerprint density at radius 1 is 0.923 bits per heavy atom. The second kappa shape index (κ2) is 3.86. The zero-order chi connectivity index (χ0) is 10.2. The molecule has 0 N–H and O–H groups in total. The van der Waals surface area contributed by atoms with E-state index < -0.39 is 0 Å². The molecule has 0 spiro atoms. The Morgan fingerprint density at radius 3 is 1.85 bits per heavy atom. The maximum absolute atomic E-state index is 2.41. The normalized spacial score (nSPS) is 41.1. The van der Waals surface area contributed by atoms with E-state index in [9.17, 15) is 0 Å². The first kappa shape index (κ1) is 10.8. The van der Waals surface area contributed by atoms with Gasteiger partial charge in [-0.3, -0.25) is 0 Å². The lowest BCUT2D eigenvalue weighted by atomic mass is 9.66. The largest absolute Gasteiger partial charge is 0.0707 e. The van der Waals surface area contributed by atoms with E-state index in [-0.39, 0.29) is 0 Å². The fraction of sp³-hybridized carbons (Fsp3) is 0.846. The first-order chi connectivity index (χ1) is 6.00. The van der Waals surface area contributed by atoms with Crippen LogP contribution in [0.3, 0.4) is 0 Å². The summed E-state index contributed by atoms with van der Waals surface area (Å²) >= 11 is 0. The topological polar surface area (TPSA) is 0 Å². The van der Waals surface area contributed by atoms with Crippen LogP contribution in [-0.2, 0) is 0 Å². The Morgan fingerprint density at radius 2 is 1.38 bits per heavy atom. The molecule has 0 aromatic rings. The minimum atomic E-state index is 0.793. The van der Waals surface area contributed by atoms with Gasteiger partial charge in [0.1, 0.15) is 0 Å². The fourth-order valence-electron chi connectivity index (χ4n) is 2.87. The van der Waals surface area contributed by atoms with Crippen LogP contribution in [0.1, 0.15) is 48.0 Å². The predicted octanol–water partition coefficient (Wildman–Crippen LogP) is 4.27. The number of hydrogen-bond donors (Lipinski definition) is 0. The van der Waals surface area contributed by atoms with Crippen molar-refractivity contribution < 1.29 is 0 Å². The summed E-state index contributed by atoms with van der Waals surface area (Å²) in [6.07, 6.45) is 1.24. The molecular formula is C13H24. The first-order valence-corrected chi connectivity index (χ1v) is 5.70. The number of hydrogen-bond acceptors (Lipinski definition) is 0. The van der Waals surface area contributed by atoms with Gasteiger partial charge in [0.15, 0.2) is 0 Å². The van der Waals surface area contributed by atoms with Crippen LogP contribution in [0.5, 0.6) is 0 Å². The van der Waals surface area contributed by atoms with Gasteiger partial charge in [0, 0.05) is 0 Å². The molecule has 0 aromatic carbocycles. The summed E-state index contributed by atoms with van der Waals surface area (Å²) in [6.45, 7) is 14.2. The average molecular weight is 180 g/mol. The molecule has 76 valence electrons. The summed E-state index contributed by atoms with van der Waals surface area (Å²) in [5, 5.41) is 0. The van der Waals surface area contributed by atoms with Crippen LogP contribution in [0.4, 0.5) is 0 Å². The summed E-state index contributed by atoms with van der Waals surface area (Å²) in [5.74, 6) is 3.30. The van der Waals surface area contributed by atoms with Crippen molar-refractivity contribution in [1.82, 2.24) is 0 Å². The lowest BCUT2D eigenvalue weighted by Gasteiger charge is -2.39. The van der Waals surface area contributed by atoms with Crippen molar-refractivity contribution >= 4 is 0 Å². The zero-order valence-corrected chi connectivity index (χ0v) is 10.0. The van der Waals surface area contributed by atoms with Crippen LogP contribution in [0.2, 0.25) is 0 Å². The van der Waals surface area contributed by atoms with Crippen LogP contribution in [0, 0.1) is 23.7 Å². The van der Waals surface area contributed by atoms with Crippen LogP contribution in [-0.4, -0.2) is 0 Å². The van der Waals surface area contributed by atoms with E-state index in [4.69, 9.17) is 0 Å². The SMILES string of the molecule is CCC1=C(C)[C@@H](C)C(C)C(C)[C@H]1C. The molecule has 4 atom stereocenters. The first-order valence-electron chi connectivity index (χ1n) is 5.70. The molecule has 0 heterocycles. The van der Waals surface area contributed by atoms with Crippen molar-refractivity contribution in [3.8, 4) is 0 Å².